The van der Waals surface area contributed by atoms with Gasteiger partial charge in [0.05, 0.1) is 11.9 Å². The second kappa shape index (κ2) is 6.23. The van der Waals surface area contributed by atoms with Crippen molar-refractivity contribution in [2.75, 3.05) is 36.8 Å². The molecule has 1 amide bonds. The monoisotopic (exact) mass is 316 g/mol. The van der Waals surface area contributed by atoms with Crippen molar-refractivity contribution in [3.05, 3.63) is 53.2 Å². The van der Waals surface area contributed by atoms with Gasteiger partial charge < -0.3 is 15.5 Å². The van der Waals surface area contributed by atoms with Crippen molar-refractivity contribution >= 4 is 29.0 Å². The van der Waals surface area contributed by atoms with E-state index in [1.807, 2.05) is 11.0 Å². The quantitative estimate of drug-likeness (QED) is 0.923. The number of anilines is 2. The van der Waals surface area contributed by atoms with E-state index in [9.17, 15) is 4.79 Å². The number of rotatable bonds is 2. The Balaban J connectivity index is 1.62. The van der Waals surface area contributed by atoms with Gasteiger partial charge in [0.2, 0.25) is 0 Å². The van der Waals surface area contributed by atoms with Gasteiger partial charge in [0.1, 0.15) is 5.82 Å². The molecule has 1 fully saturated rings. The van der Waals surface area contributed by atoms with E-state index in [0.29, 0.717) is 29.5 Å². The lowest BCUT2D eigenvalue weighted by atomic mass is 10.2. The van der Waals surface area contributed by atoms with E-state index >= 15 is 0 Å². The summed E-state index contributed by atoms with van der Waals surface area (Å²) >= 11 is 5.85. The molecule has 114 valence electrons. The van der Waals surface area contributed by atoms with Crippen LogP contribution in [-0.2, 0) is 0 Å². The van der Waals surface area contributed by atoms with Crippen LogP contribution < -0.4 is 10.6 Å². The van der Waals surface area contributed by atoms with Crippen molar-refractivity contribution in [3.63, 3.8) is 0 Å². The van der Waals surface area contributed by atoms with Crippen LogP contribution in [0, 0.1) is 0 Å². The van der Waals surface area contributed by atoms with Crippen molar-refractivity contribution in [2.24, 2.45) is 0 Å². The van der Waals surface area contributed by atoms with E-state index in [2.05, 4.69) is 9.88 Å². The Bertz CT molecular complexity index is 649. The molecule has 1 saturated heterocycles. The summed E-state index contributed by atoms with van der Waals surface area (Å²) in [5.74, 6) is 0.562. The molecule has 6 heteroatoms. The van der Waals surface area contributed by atoms with Crippen LogP contribution >= 0.6 is 11.6 Å². The summed E-state index contributed by atoms with van der Waals surface area (Å²) in [4.78, 5) is 20.6. The fourth-order valence-electron chi connectivity index (χ4n) is 2.53. The first-order chi connectivity index (χ1) is 10.6. The van der Waals surface area contributed by atoms with Gasteiger partial charge in [-0.05, 0) is 36.4 Å². The summed E-state index contributed by atoms with van der Waals surface area (Å²) in [5, 5.41) is 0.636. The molecule has 1 aromatic heterocycles. The smallest absolute Gasteiger partial charge is 0.253 e. The minimum Gasteiger partial charge on any atom is -0.384 e. The topological polar surface area (TPSA) is 62.5 Å². The molecule has 1 aliphatic rings. The molecule has 0 saturated carbocycles. The van der Waals surface area contributed by atoms with Gasteiger partial charge in [-0.15, -0.1) is 0 Å². The second-order valence-electron chi connectivity index (χ2n) is 5.23. The standard InChI is InChI=1S/C16H17ClN4O/c17-13-3-1-12(2-4-13)16(22)21-9-7-20(8-10-21)14-5-6-15(18)19-11-14/h1-6,11H,7-10H2,(H2,18,19). The predicted molar refractivity (Wildman–Crippen MR) is 88.2 cm³/mol. The number of nitrogens with two attached hydrogens (primary N) is 1. The van der Waals surface area contributed by atoms with Gasteiger partial charge in [-0.2, -0.15) is 0 Å². The van der Waals surface area contributed by atoms with E-state index in [1.54, 1.807) is 36.5 Å². The summed E-state index contributed by atoms with van der Waals surface area (Å²) in [6, 6.07) is 10.8. The molecule has 2 heterocycles. The van der Waals surface area contributed by atoms with Crippen LogP contribution in [0.1, 0.15) is 10.4 Å². The Morgan fingerprint density at radius 3 is 2.32 bits per heavy atom. The van der Waals surface area contributed by atoms with Gasteiger partial charge in [0.25, 0.3) is 5.91 Å². The third kappa shape index (κ3) is 3.14. The van der Waals surface area contributed by atoms with Gasteiger partial charge in [0.15, 0.2) is 0 Å². The maximum Gasteiger partial charge on any atom is 0.253 e. The van der Waals surface area contributed by atoms with Crippen molar-refractivity contribution in [1.82, 2.24) is 9.88 Å². The molecule has 2 aromatic rings. The number of nitrogen functional groups attached to an aromatic ring is 1. The molecule has 0 radical (unpaired) electrons. The fourth-order valence-corrected chi connectivity index (χ4v) is 2.65. The average molecular weight is 317 g/mol. The lowest BCUT2D eigenvalue weighted by molar-refractivity contribution is 0.0747. The minimum absolute atomic E-state index is 0.0479. The van der Waals surface area contributed by atoms with Crippen LogP contribution in [0.15, 0.2) is 42.6 Å². The van der Waals surface area contributed by atoms with Gasteiger partial charge in [0, 0.05) is 36.8 Å². The van der Waals surface area contributed by atoms with E-state index in [1.165, 1.54) is 0 Å². The van der Waals surface area contributed by atoms with Gasteiger partial charge >= 0.3 is 0 Å². The summed E-state index contributed by atoms with van der Waals surface area (Å²) < 4.78 is 0. The first kappa shape index (κ1) is 14.7. The molecule has 3 rings (SSSR count). The first-order valence-electron chi connectivity index (χ1n) is 7.15. The van der Waals surface area contributed by atoms with Crippen LogP contribution in [0.25, 0.3) is 0 Å². The van der Waals surface area contributed by atoms with Crippen LogP contribution in [0.5, 0.6) is 0 Å². The molecule has 0 unspecified atom stereocenters. The van der Waals surface area contributed by atoms with Crippen LogP contribution in [0.4, 0.5) is 11.5 Å². The van der Waals surface area contributed by atoms with Crippen LogP contribution in [0.3, 0.4) is 0 Å². The molecule has 1 aliphatic heterocycles. The van der Waals surface area contributed by atoms with Gasteiger partial charge in [-0.3, -0.25) is 4.79 Å². The molecule has 5 nitrogen and oxygen atoms in total. The van der Waals surface area contributed by atoms with E-state index < -0.39 is 0 Å². The SMILES string of the molecule is Nc1ccc(N2CCN(C(=O)c3ccc(Cl)cc3)CC2)cn1. The van der Waals surface area contributed by atoms with Crippen molar-refractivity contribution in [2.45, 2.75) is 0 Å². The number of carbonyl (C=O) groups excluding carboxylic acids is 1. The summed E-state index contributed by atoms with van der Waals surface area (Å²) in [6.45, 7) is 2.94. The first-order valence-corrected chi connectivity index (χ1v) is 7.52. The van der Waals surface area contributed by atoms with Gasteiger partial charge in [-0.25, -0.2) is 4.98 Å². The van der Waals surface area contributed by atoms with Crippen molar-refractivity contribution in [3.8, 4) is 0 Å². The number of hydrogen-bond donors (Lipinski definition) is 1. The second-order valence-corrected chi connectivity index (χ2v) is 5.66. The van der Waals surface area contributed by atoms with E-state index in [-0.39, 0.29) is 5.91 Å². The molecule has 0 spiro atoms. The molecule has 0 bridgehead atoms. The lowest BCUT2D eigenvalue weighted by Gasteiger charge is -2.36. The lowest BCUT2D eigenvalue weighted by Crippen LogP contribution is -2.48. The normalized spacial score (nSPS) is 15.0. The number of carbonyl (C=O) groups is 1. The Labute approximate surface area is 134 Å². The van der Waals surface area contributed by atoms with E-state index in [4.69, 9.17) is 17.3 Å². The number of amides is 1. The molecule has 1 aromatic carbocycles. The number of aromatic nitrogens is 1. The highest BCUT2D eigenvalue weighted by Gasteiger charge is 2.22. The number of nitrogens with zero attached hydrogens (tertiary/aromatic N) is 3. The Kier molecular flexibility index (Phi) is 4.15. The number of piperazine rings is 1. The van der Waals surface area contributed by atoms with Crippen LogP contribution in [0.2, 0.25) is 5.02 Å². The zero-order valence-corrected chi connectivity index (χ0v) is 12.8. The Morgan fingerprint density at radius 2 is 1.73 bits per heavy atom. The van der Waals surface area contributed by atoms with E-state index in [0.717, 1.165) is 18.8 Å². The number of hydrogen-bond acceptors (Lipinski definition) is 4. The Morgan fingerprint density at radius 1 is 1.05 bits per heavy atom. The molecule has 0 aliphatic carbocycles. The highest BCUT2D eigenvalue weighted by molar-refractivity contribution is 6.30. The molecule has 2 N–H and O–H groups in total. The largest absolute Gasteiger partial charge is 0.384 e. The maximum absolute atomic E-state index is 12.4. The highest BCUT2D eigenvalue weighted by atomic mass is 35.5. The highest BCUT2D eigenvalue weighted by Crippen LogP contribution is 2.18. The molecule has 0 atom stereocenters. The molecular weight excluding hydrogens is 300 g/mol. The summed E-state index contributed by atoms with van der Waals surface area (Å²) in [7, 11) is 0. The maximum atomic E-state index is 12.4. The number of halogens is 1. The van der Waals surface area contributed by atoms with Crippen molar-refractivity contribution < 1.29 is 4.79 Å². The zero-order valence-electron chi connectivity index (χ0n) is 12.1. The summed E-state index contributed by atoms with van der Waals surface area (Å²) in [6.07, 6.45) is 1.77. The predicted octanol–water partition coefficient (Wildman–Crippen LogP) is 2.28. The molecule has 22 heavy (non-hydrogen) atoms. The number of pyridine rings is 1. The molecular formula is C16H17ClN4O. The van der Waals surface area contributed by atoms with Crippen LogP contribution in [-0.4, -0.2) is 42.0 Å². The summed E-state index contributed by atoms with van der Waals surface area (Å²) in [5.41, 5.74) is 7.31. The van der Waals surface area contributed by atoms with Crippen molar-refractivity contribution in [1.29, 1.82) is 0 Å². The Hall–Kier alpha value is -2.27. The minimum atomic E-state index is 0.0479. The van der Waals surface area contributed by atoms with Gasteiger partial charge in [-0.1, -0.05) is 11.6 Å². The number of benzene rings is 1. The third-order valence-electron chi connectivity index (χ3n) is 3.79. The average Bonchev–Trinajstić information content (AvgIpc) is 2.56. The fraction of sp³-hybridized carbons (Fsp3) is 0.250. The third-order valence-corrected chi connectivity index (χ3v) is 4.05. The zero-order chi connectivity index (χ0) is 15.5.